The number of esters is 1. The molecule has 0 spiro atoms. The van der Waals surface area contributed by atoms with Gasteiger partial charge in [0.2, 0.25) is 0 Å². The van der Waals surface area contributed by atoms with Crippen LogP contribution >= 0.6 is 0 Å². The second kappa shape index (κ2) is 7.94. The molecular weight excluding hydrogens is 266 g/mol. The van der Waals surface area contributed by atoms with Crippen molar-refractivity contribution in [3.63, 3.8) is 0 Å². The molecule has 0 fully saturated rings. The van der Waals surface area contributed by atoms with Crippen molar-refractivity contribution < 1.29 is 23.4 Å². The van der Waals surface area contributed by atoms with E-state index in [0.717, 1.165) is 12.8 Å². The molecule has 1 aromatic carbocycles. The summed E-state index contributed by atoms with van der Waals surface area (Å²) >= 11 is 0. The molecule has 1 aromatic rings. The van der Waals surface area contributed by atoms with Gasteiger partial charge in [0.15, 0.2) is 0 Å². The lowest BCUT2D eigenvalue weighted by Crippen LogP contribution is -2.23. The molecule has 1 N–H and O–H groups in total. The highest BCUT2D eigenvalue weighted by molar-refractivity contribution is 5.73. The standard InChI is InChI=1S/C15H20F2O3/c1-3-4-5-12(15(19)20-2)13(18)10-6-8-11(9-7-10)14(16)17/h6-9,12-14,18H,3-5H2,1-2H3. The molecule has 0 aromatic heterocycles. The van der Waals surface area contributed by atoms with Crippen LogP contribution in [0.1, 0.15) is 49.8 Å². The van der Waals surface area contributed by atoms with E-state index in [-0.39, 0.29) is 5.56 Å². The van der Waals surface area contributed by atoms with Gasteiger partial charge in [0.1, 0.15) is 0 Å². The minimum atomic E-state index is -2.54. The van der Waals surface area contributed by atoms with Crippen LogP contribution in [0.15, 0.2) is 24.3 Å². The molecule has 3 nitrogen and oxygen atoms in total. The average Bonchev–Trinajstić information content (AvgIpc) is 2.47. The fraction of sp³-hybridized carbons (Fsp3) is 0.533. The van der Waals surface area contributed by atoms with Crippen molar-refractivity contribution in [3.8, 4) is 0 Å². The number of rotatable bonds is 7. The van der Waals surface area contributed by atoms with Crippen LogP contribution in [0.3, 0.4) is 0 Å². The van der Waals surface area contributed by atoms with Crippen LogP contribution in [0.2, 0.25) is 0 Å². The zero-order valence-electron chi connectivity index (χ0n) is 11.7. The molecule has 1 rings (SSSR count). The summed E-state index contributed by atoms with van der Waals surface area (Å²) in [7, 11) is 1.27. The number of ether oxygens (including phenoxy) is 1. The quantitative estimate of drug-likeness (QED) is 0.778. The van der Waals surface area contributed by atoms with Crippen molar-refractivity contribution in [1.82, 2.24) is 0 Å². The van der Waals surface area contributed by atoms with Gasteiger partial charge in [-0.05, 0) is 12.0 Å². The molecule has 0 radical (unpaired) electrons. The minimum Gasteiger partial charge on any atom is -0.469 e. The van der Waals surface area contributed by atoms with E-state index in [2.05, 4.69) is 0 Å². The van der Waals surface area contributed by atoms with Gasteiger partial charge in [0.25, 0.3) is 6.43 Å². The van der Waals surface area contributed by atoms with Crippen molar-refractivity contribution in [1.29, 1.82) is 0 Å². The van der Waals surface area contributed by atoms with Crippen LogP contribution in [-0.4, -0.2) is 18.2 Å². The van der Waals surface area contributed by atoms with Crippen molar-refractivity contribution in [3.05, 3.63) is 35.4 Å². The van der Waals surface area contributed by atoms with Gasteiger partial charge in [-0.3, -0.25) is 4.79 Å². The van der Waals surface area contributed by atoms with Gasteiger partial charge in [-0.15, -0.1) is 0 Å². The van der Waals surface area contributed by atoms with Crippen LogP contribution < -0.4 is 0 Å². The van der Waals surface area contributed by atoms with Gasteiger partial charge in [-0.1, -0.05) is 44.0 Å². The van der Waals surface area contributed by atoms with Crippen LogP contribution in [0.5, 0.6) is 0 Å². The second-order valence-electron chi connectivity index (χ2n) is 4.68. The van der Waals surface area contributed by atoms with E-state index in [4.69, 9.17) is 4.74 Å². The molecule has 5 heteroatoms. The van der Waals surface area contributed by atoms with E-state index in [0.29, 0.717) is 12.0 Å². The summed E-state index contributed by atoms with van der Waals surface area (Å²) < 4.78 is 29.6. The normalized spacial score (nSPS) is 14.1. The fourth-order valence-electron chi connectivity index (χ4n) is 2.05. The highest BCUT2D eigenvalue weighted by Crippen LogP contribution is 2.29. The zero-order valence-corrected chi connectivity index (χ0v) is 11.7. The lowest BCUT2D eigenvalue weighted by Gasteiger charge is -2.21. The Morgan fingerprint density at radius 2 is 1.80 bits per heavy atom. The molecule has 2 unspecified atom stereocenters. The summed E-state index contributed by atoms with van der Waals surface area (Å²) in [5.41, 5.74) is 0.338. The van der Waals surface area contributed by atoms with E-state index in [9.17, 15) is 18.7 Å². The summed E-state index contributed by atoms with van der Waals surface area (Å²) in [5, 5.41) is 10.2. The molecule has 0 aliphatic carbocycles. The predicted octanol–water partition coefficient (Wildman–Crippen LogP) is 3.64. The number of alkyl halides is 2. The first-order valence-electron chi connectivity index (χ1n) is 6.65. The third-order valence-electron chi connectivity index (χ3n) is 3.28. The van der Waals surface area contributed by atoms with Crippen LogP contribution in [0.25, 0.3) is 0 Å². The SMILES string of the molecule is CCCCC(C(=O)OC)C(O)c1ccc(C(F)F)cc1. The van der Waals surface area contributed by atoms with Crippen LogP contribution in [0, 0.1) is 5.92 Å². The second-order valence-corrected chi connectivity index (χ2v) is 4.68. The van der Waals surface area contributed by atoms with Gasteiger partial charge >= 0.3 is 5.97 Å². The molecule has 0 heterocycles. The lowest BCUT2D eigenvalue weighted by molar-refractivity contribution is -0.150. The van der Waals surface area contributed by atoms with Gasteiger partial charge in [-0.2, -0.15) is 0 Å². The first-order chi connectivity index (χ1) is 9.51. The van der Waals surface area contributed by atoms with Gasteiger partial charge in [0, 0.05) is 5.56 Å². The Morgan fingerprint density at radius 3 is 2.25 bits per heavy atom. The lowest BCUT2D eigenvalue weighted by atomic mass is 9.91. The Hall–Kier alpha value is -1.49. The number of carbonyl (C=O) groups excluding carboxylic acids is 1. The average molecular weight is 286 g/mol. The van der Waals surface area contributed by atoms with Gasteiger partial charge < -0.3 is 9.84 Å². The highest BCUT2D eigenvalue weighted by Gasteiger charge is 2.28. The Labute approximate surface area is 117 Å². The summed E-state index contributed by atoms with van der Waals surface area (Å²) in [6.45, 7) is 1.98. The Balaban J connectivity index is 2.87. The van der Waals surface area contributed by atoms with E-state index in [1.165, 1.54) is 31.4 Å². The summed E-state index contributed by atoms with van der Waals surface area (Å²) in [5.74, 6) is -1.15. The first kappa shape index (κ1) is 16.6. The number of aliphatic hydroxyl groups excluding tert-OH is 1. The van der Waals surface area contributed by atoms with E-state index < -0.39 is 24.4 Å². The third-order valence-corrected chi connectivity index (χ3v) is 3.28. The molecule has 0 aliphatic heterocycles. The summed E-state index contributed by atoms with van der Waals surface area (Å²) in [4.78, 5) is 11.7. The molecule has 0 saturated carbocycles. The Morgan fingerprint density at radius 1 is 1.25 bits per heavy atom. The molecule has 0 bridgehead atoms. The third kappa shape index (κ3) is 4.27. The Bertz CT molecular complexity index is 418. The number of unbranched alkanes of at least 4 members (excludes halogenated alkanes) is 1. The minimum absolute atomic E-state index is 0.107. The summed E-state index contributed by atoms with van der Waals surface area (Å²) in [6, 6.07) is 5.37. The number of benzene rings is 1. The zero-order chi connectivity index (χ0) is 15.1. The van der Waals surface area contributed by atoms with E-state index in [1.54, 1.807) is 0 Å². The monoisotopic (exact) mass is 286 g/mol. The summed E-state index contributed by atoms with van der Waals surface area (Å²) in [6.07, 6.45) is -1.41. The maximum absolute atomic E-state index is 12.5. The fourth-order valence-corrected chi connectivity index (χ4v) is 2.05. The maximum Gasteiger partial charge on any atom is 0.311 e. The number of hydrogen-bond donors (Lipinski definition) is 1. The molecular formula is C15H20F2O3. The van der Waals surface area contributed by atoms with Crippen molar-refractivity contribution in [2.75, 3.05) is 7.11 Å². The molecule has 2 atom stereocenters. The topological polar surface area (TPSA) is 46.5 Å². The Kier molecular flexibility index (Phi) is 6.58. The molecule has 20 heavy (non-hydrogen) atoms. The number of carbonyl (C=O) groups is 1. The largest absolute Gasteiger partial charge is 0.469 e. The van der Waals surface area contributed by atoms with Gasteiger partial charge in [-0.25, -0.2) is 8.78 Å². The molecule has 0 aliphatic rings. The number of methoxy groups -OCH3 is 1. The van der Waals surface area contributed by atoms with E-state index >= 15 is 0 Å². The van der Waals surface area contributed by atoms with Crippen molar-refractivity contribution in [2.45, 2.75) is 38.7 Å². The first-order valence-corrected chi connectivity index (χ1v) is 6.65. The number of halogens is 2. The molecule has 112 valence electrons. The van der Waals surface area contributed by atoms with Crippen LogP contribution in [0.4, 0.5) is 8.78 Å². The predicted molar refractivity (Wildman–Crippen MR) is 71.4 cm³/mol. The van der Waals surface area contributed by atoms with E-state index in [1.807, 2.05) is 6.92 Å². The highest BCUT2D eigenvalue weighted by atomic mass is 19.3. The molecule has 0 amide bonds. The smallest absolute Gasteiger partial charge is 0.311 e. The number of aliphatic hydroxyl groups is 1. The van der Waals surface area contributed by atoms with Crippen molar-refractivity contribution in [2.24, 2.45) is 5.92 Å². The van der Waals surface area contributed by atoms with Gasteiger partial charge in [0.05, 0.1) is 19.1 Å². The van der Waals surface area contributed by atoms with Crippen LogP contribution in [-0.2, 0) is 9.53 Å². The molecule has 0 saturated heterocycles. The van der Waals surface area contributed by atoms with Crippen molar-refractivity contribution >= 4 is 5.97 Å². The number of hydrogen-bond acceptors (Lipinski definition) is 3. The maximum atomic E-state index is 12.5.